The Morgan fingerprint density at radius 1 is 1.40 bits per heavy atom. The molecule has 0 saturated carbocycles. The number of para-hydroxylation sites is 1. The van der Waals surface area contributed by atoms with Crippen molar-refractivity contribution < 1.29 is 4.74 Å². The highest BCUT2D eigenvalue weighted by Gasteiger charge is 2.28. The predicted molar refractivity (Wildman–Crippen MR) is 62.1 cm³/mol. The van der Waals surface area contributed by atoms with Crippen molar-refractivity contribution in [3.63, 3.8) is 0 Å². The van der Waals surface area contributed by atoms with Crippen LogP contribution in [0.2, 0.25) is 0 Å². The smallest absolute Gasteiger partial charge is 0.123 e. The van der Waals surface area contributed by atoms with Crippen molar-refractivity contribution in [2.24, 2.45) is 5.92 Å². The van der Waals surface area contributed by atoms with Gasteiger partial charge in [-0.1, -0.05) is 31.5 Å². The lowest BCUT2D eigenvalue weighted by molar-refractivity contribution is 0.385. The van der Waals surface area contributed by atoms with E-state index in [0.717, 1.165) is 18.2 Å². The maximum Gasteiger partial charge on any atom is 0.123 e. The van der Waals surface area contributed by atoms with E-state index in [1.165, 1.54) is 18.4 Å². The molecule has 0 bridgehead atoms. The Hall–Kier alpha value is -1.02. The molecule has 1 aromatic carbocycles. The number of rotatable bonds is 3. The number of methoxy groups -OCH3 is 1. The van der Waals surface area contributed by atoms with Gasteiger partial charge in [0.2, 0.25) is 0 Å². The van der Waals surface area contributed by atoms with Gasteiger partial charge in [0.1, 0.15) is 5.75 Å². The molecule has 82 valence electrons. The number of hydrogen-bond acceptors (Lipinski definition) is 2. The molecule has 1 aliphatic rings. The molecule has 0 unspecified atom stereocenters. The lowest BCUT2D eigenvalue weighted by Crippen LogP contribution is -2.18. The van der Waals surface area contributed by atoms with Crippen molar-refractivity contribution in [1.29, 1.82) is 0 Å². The van der Waals surface area contributed by atoms with E-state index in [0.29, 0.717) is 6.04 Å². The largest absolute Gasteiger partial charge is 0.496 e. The van der Waals surface area contributed by atoms with Crippen LogP contribution in [0.1, 0.15) is 31.4 Å². The summed E-state index contributed by atoms with van der Waals surface area (Å²) >= 11 is 0. The van der Waals surface area contributed by atoms with Crippen LogP contribution in [0.5, 0.6) is 5.75 Å². The first-order valence-corrected chi connectivity index (χ1v) is 5.73. The number of nitrogens with one attached hydrogen (secondary N) is 1. The first-order valence-electron chi connectivity index (χ1n) is 5.73. The zero-order valence-electron chi connectivity index (χ0n) is 9.49. The fourth-order valence-electron chi connectivity index (χ4n) is 2.48. The SMILES string of the molecule is CC[C@@H]1CCN[C@H]1c1ccccc1OC. The van der Waals surface area contributed by atoms with E-state index in [1.54, 1.807) is 7.11 Å². The molecule has 0 aromatic heterocycles. The van der Waals surface area contributed by atoms with Crippen LogP contribution in [0.25, 0.3) is 0 Å². The Balaban J connectivity index is 2.27. The maximum absolute atomic E-state index is 5.41. The molecular weight excluding hydrogens is 186 g/mol. The van der Waals surface area contributed by atoms with Gasteiger partial charge in [0, 0.05) is 11.6 Å². The van der Waals surface area contributed by atoms with Crippen molar-refractivity contribution in [1.82, 2.24) is 5.32 Å². The lowest BCUT2D eigenvalue weighted by Gasteiger charge is -2.20. The van der Waals surface area contributed by atoms with Crippen molar-refractivity contribution in [3.8, 4) is 5.75 Å². The minimum Gasteiger partial charge on any atom is -0.496 e. The fourth-order valence-corrected chi connectivity index (χ4v) is 2.48. The summed E-state index contributed by atoms with van der Waals surface area (Å²) in [6.07, 6.45) is 2.51. The van der Waals surface area contributed by atoms with Gasteiger partial charge in [-0.25, -0.2) is 0 Å². The molecule has 1 fully saturated rings. The highest BCUT2D eigenvalue weighted by Crippen LogP contribution is 2.36. The van der Waals surface area contributed by atoms with E-state index in [9.17, 15) is 0 Å². The van der Waals surface area contributed by atoms with Crippen LogP contribution in [0.4, 0.5) is 0 Å². The van der Waals surface area contributed by atoms with Crippen molar-refractivity contribution in [2.45, 2.75) is 25.8 Å². The van der Waals surface area contributed by atoms with Crippen LogP contribution >= 0.6 is 0 Å². The topological polar surface area (TPSA) is 21.3 Å². The molecular formula is C13H19NO. The molecule has 1 aliphatic heterocycles. The molecule has 2 heteroatoms. The van der Waals surface area contributed by atoms with E-state index in [1.807, 2.05) is 12.1 Å². The lowest BCUT2D eigenvalue weighted by atomic mass is 9.92. The number of benzene rings is 1. The standard InChI is InChI=1S/C13H19NO/c1-3-10-8-9-14-13(10)11-6-4-5-7-12(11)15-2/h4-7,10,13-14H,3,8-9H2,1-2H3/t10-,13-/m1/s1. The van der Waals surface area contributed by atoms with Gasteiger partial charge in [-0.05, 0) is 24.9 Å². The average molecular weight is 205 g/mol. The van der Waals surface area contributed by atoms with Crippen LogP contribution in [0.15, 0.2) is 24.3 Å². The minimum absolute atomic E-state index is 0.478. The van der Waals surface area contributed by atoms with Gasteiger partial charge in [-0.2, -0.15) is 0 Å². The van der Waals surface area contributed by atoms with Crippen molar-refractivity contribution in [2.75, 3.05) is 13.7 Å². The third kappa shape index (κ3) is 2.00. The summed E-state index contributed by atoms with van der Waals surface area (Å²) in [5.41, 5.74) is 1.31. The number of hydrogen-bond donors (Lipinski definition) is 1. The van der Waals surface area contributed by atoms with Gasteiger partial charge in [0.05, 0.1) is 7.11 Å². The quantitative estimate of drug-likeness (QED) is 0.819. The monoisotopic (exact) mass is 205 g/mol. The summed E-state index contributed by atoms with van der Waals surface area (Å²) in [6, 6.07) is 8.81. The van der Waals surface area contributed by atoms with Crippen LogP contribution < -0.4 is 10.1 Å². The van der Waals surface area contributed by atoms with Gasteiger partial charge in [-0.3, -0.25) is 0 Å². The van der Waals surface area contributed by atoms with Crippen molar-refractivity contribution in [3.05, 3.63) is 29.8 Å². The van der Waals surface area contributed by atoms with E-state index < -0.39 is 0 Å². The second-order valence-electron chi connectivity index (χ2n) is 4.13. The molecule has 2 nitrogen and oxygen atoms in total. The van der Waals surface area contributed by atoms with Crippen LogP contribution in [0, 0.1) is 5.92 Å². The van der Waals surface area contributed by atoms with Crippen LogP contribution in [0.3, 0.4) is 0 Å². The molecule has 15 heavy (non-hydrogen) atoms. The van der Waals surface area contributed by atoms with Crippen LogP contribution in [-0.2, 0) is 0 Å². The zero-order valence-corrected chi connectivity index (χ0v) is 9.49. The zero-order chi connectivity index (χ0) is 10.7. The summed E-state index contributed by atoms with van der Waals surface area (Å²) in [4.78, 5) is 0. The summed E-state index contributed by atoms with van der Waals surface area (Å²) in [6.45, 7) is 3.39. The van der Waals surface area contributed by atoms with E-state index in [4.69, 9.17) is 4.74 Å². The summed E-state index contributed by atoms with van der Waals surface area (Å²) < 4.78 is 5.41. The minimum atomic E-state index is 0.478. The summed E-state index contributed by atoms with van der Waals surface area (Å²) in [7, 11) is 1.74. The van der Waals surface area contributed by atoms with Gasteiger partial charge >= 0.3 is 0 Å². The van der Waals surface area contributed by atoms with Gasteiger partial charge < -0.3 is 10.1 Å². The molecule has 1 aromatic rings. The third-order valence-corrected chi connectivity index (χ3v) is 3.35. The highest BCUT2D eigenvalue weighted by molar-refractivity contribution is 5.36. The highest BCUT2D eigenvalue weighted by atomic mass is 16.5. The number of ether oxygens (including phenoxy) is 1. The summed E-state index contributed by atoms with van der Waals surface area (Å²) in [5, 5.41) is 3.57. The molecule has 0 spiro atoms. The first kappa shape index (κ1) is 10.5. The Morgan fingerprint density at radius 2 is 2.20 bits per heavy atom. The van der Waals surface area contributed by atoms with Crippen molar-refractivity contribution >= 4 is 0 Å². The van der Waals surface area contributed by atoms with E-state index in [-0.39, 0.29) is 0 Å². The summed E-state index contributed by atoms with van der Waals surface area (Å²) in [5.74, 6) is 1.76. The molecule has 2 rings (SSSR count). The van der Waals surface area contributed by atoms with Crippen LogP contribution in [-0.4, -0.2) is 13.7 Å². The van der Waals surface area contributed by atoms with E-state index in [2.05, 4.69) is 24.4 Å². The van der Waals surface area contributed by atoms with Gasteiger partial charge in [0.15, 0.2) is 0 Å². The molecule has 0 aliphatic carbocycles. The van der Waals surface area contributed by atoms with Gasteiger partial charge in [-0.15, -0.1) is 0 Å². The Bertz CT molecular complexity index is 324. The third-order valence-electron chi connectivity index (χ3n) is 3.35. The second-order valence-corrected chi connectivity index (χ2v) is 4.13. The molecule has 1 saturated heterocycles. The molecule has 1 heterocycles. The van der Waals surface area contributed by atoms with E-state index >= 15 is 0 Å². The second kappa shape index (κ2) is 4.67. The molecule has 1 N–H and O–H groups in total. The Labute approximate surface area is 91.6 Å². The average Bonchev–Trinajstić information content (AvgIpc) is 2.76. The predicted octanol–water partition coefficient (Wildman–Crippen LogP) is 2.76. The fraction of sp³-hybridized carbons (Fsp3) is 0.538. The van der Waals surface area contributed by atoms with Gasteiger partial charge in [0.25, 0.3) is 0 Å². The Morgan fingerprint density at radius 3 is 2.93 bits per heavy atom. The Kier molecular flexibility index (Phi) is 3.27. The first-order chi connectivity index (χ1) is 7.36. The molecule has 0 amide bonds. The maximum atomic E-state index is 5.41. The molecule has 2 atom stereocenters. The normalized spacial score (nSPS) is 25.5. The molecule has 0 radical (unpaired) electrons.